The molecule has 0 saturated carbocycles. The van der Waals surface area contributed by atoms with E-state index in [9.17, 15) is 9.59 Å². The normalized spacial score (nSPS) is 11.5. The van der Waals surface area contributed by atoms with E-state index < -0.39 is 0 Å². The third-order valence-corrected chi connectivity index (χ3v) is 4.28. The maximum absolute atomic E-state index is 12.0. The van der Waals surface area contributed by atoms with Gasteiger partial charge in [0.1, 0.15) is 5.75 Å². The zero-order valence-corrected chi connectivity index (χ0v) is 15.7. The molecule has 2 N–H and O–H groups in total. The number of carbonyl (C=O) groups is 2. The fourth-order valence-electron chi connectivity index (χ4n) is 2.44. The van der Waals surface area contributed by atoms with Crippen molar-refractivity contribution < 1.29 is 14.3 Å². The number of benzene rings is 2. The number of methoxy groups -OCH3 is 1. The summed E-state index contributed by atoms with van der Waals surface area (Å²) in [6, 6.07) is 14.8. The molecule has 0 saturated heterocycles. The molecular formula is C20H23ClN2O3. The van der Waals surface area contributed by atoms with Crippen LogP contribution < -0.4 is 15.4 Å². The summed E-state index contributed by atoms with van der Waals surface area (Å²) in [5.74, 6) is 0.446. The second kappa shape index (κ2) is 9.82. The standard InChI is InChI=1S/C20H23ClN2O3/c1-14(16-5-9-18(26-2)10-6-16)11-19(24)23-13-20(25)22-12-15-3-7-17(21)8-4-15/h3-10,14H,11-13H2,1-2H3,(H,22,25)(H,23,24). The molecule has 26 heavy (non-hydrogen) atoms. The van der Waals surface area contributed by atoms with E-state index in [0.717, 1.165) is 16.9 Å². The molecule has 2 amide bonds. The smallest absolute Gasteiger partial charge is 0.239 e. The first-order valence-corrected chi connectivity index (χ1v) is 8.77. The topological polar surface area (TPSA) is 67.4 Å². The number of nitrogens with one attached hydrogen (secondary N) is 2. The minimum Gasteiger partial charge on any atom is -0.497 e. The van der Waals surface area contributed by atoms with Crippen molar-refractivity contribution in [2.24, 2.45) is 0 Å². The largest absolute Gasteiger partial charge is 0.497 e. The Morgan fingerprint density at radius 2 is 1.65 bits per heavy atom. The maximum atomic E-state index is 12.0. The summed E-state index contributed by atoms with van der Waals surface area (Å²) < 4.78 is 5.13. The first-order valence-electron chi connectivity index (χ1n) is 8.39. The zero-order chi connectivity index (χ0) is 18.9. The highest BCUT2D eigenvalue weighted by Crippen LogP contribution is 2.21. The summed E-state index contributed by atoms with van der Waals surface area (Å²) in [4.78, 5) is 23.9. The Morgan fingerprint density at radius 1 is 1.00 bits per heavy atom. The molecule has 2 aromatic carbocycles. The Balaban J connectivity index is 1.71. The number of hydrogen-bond donors (Lipinski definition) is 2. The summed E-state index contributed by atoms with van der Waals surface area (Å²) >= 11 is 5.82. The Morgan fingerprint density at radius 3 is 2.27 bits per heavy atom. The maximum Gasteiger partial charge on any atom is 0.239 e. The highest BCUT2D eigenvalue weighted by molar-refractivity contribution is 6.30. The lowest BCUT2D eigenvalue weighted by Gasteiger charge is -2.13. The number of ether oxygens (including phenoxy) is 1. The third-order valence-electron chi connectivity index (χ3n) is 4.03. The van der Waals surface area contributed by atoms with Gasteiger partial charge in [0.05, 0.1) is 13.7 Å². The van der Waals surface area contributed by atoms with Crippen LogP contribution in [0.15, 0.2) is 48.5 Å². The molecule has 2 rings (SSSR count). The van der Waals surface area contributed by atoms with Gasteiger partial charge in [-0.2, -0.15) is 0 Å². The van der Waals surface area contributed by atoms with E-state index in [1.807, 2.05) is 43.3 Å². The van der Waals surface area contributed by atoms with E-state index in [1.54, 1.807) is 19.2 Å². The van der Waals surface area contributed by atoms with Crippen LogP contribution in [0.3, 0.4) is 0 Å². The first kappa shape index (κ1) is 19.8. The lowest BCUT2D eigenvalue weighted by molar-refractivity contribution is -0.126. The lowest BCUT2D eigenvalue weighted by atomic mass is 9.97. The van der Waals surface area contributed by atoms with Crippen molar-refractivity contribution in [1.82, 2.24) is 10.6 Å². The van der Waals surface area contributed by atoms with Gasteiger partial charge in [0, 0.05) is 18.0 Å². The number of rotatable bonds is 8. The van der Waals surface area contributed by atoms with Gasteiger partial charge in [-0.05, 0) is 41.3 Å². The Labute approximate surface area is 158 Å². The van der Waals surface area contributed by atoms with Crippen molar-refractivity contribution in [2.75, 3.05) is 13.7 Å². The van der Waals surface area contributed by atoms with E-state index in [1.165, 1.54) is 0 Å². The molecule has 1 unspecified atom stereocenters. The van der Waals surface area contributed by atoms with E-state index in [2.05, 4.69) is 10.6 Å². The van der Waals surface area contributed by atoms with Crippen LogP contribution >= 0.6 is 11.6 Å². The molecule has 0 radical (unpaired) electrons. The average Bonchev–Trinajstić information content (AvgIpc) is 2.66. The van der Waals surface area contributed by atoms with Gasteiger partial charge in [0.2, 0.25) is 11.8 Å². The van der Waals surface area contributed by atoms with Crippen LogP contribution in [0.2, 0.25) is 5.02 Å². The SMILES string of the molecule is COc1ccc(C(C)CC(=O)NCC(=O)NCc2ccc(Cl)cc2)cc1. The quantitative estimate of drug-likeness (QED) is 0.745. The van der Waals surface area contributed by atoms with Crippen molar-refractivity contribution in [3.8, 4) is 5.75 Å². The highest BCUT2D eigenvalue weighted by atomic mass is 35.5. The molecular weight excluding hydrogens is 352 g/mol. The van der Waals surface area contributed by atoms with Gasteiger partial charge in [0.25, 0.3) is 0 Å². The molecule has 0 aromatic heterocycles. The Hall–Kier alpha value is -2.53. The van der Waals surface area contributed by atoms with E-state index in [-0.39, 0.29) is 24.3 Å². The number of halogens is 1. The molecule has 5 nitrogen and oxygen atoms in total. The molecule has 0 aliphatic rings. The van der Waals surface area contributed by atoms with Crippen molar-refractivity contribution in [3.63, 3.8) is 0 Å². The van der Waals surface area contributed by atoms with Gasteiger partial charge in [-0.3, -0.25) is 9.59 Å². The molecule has 2 aromatic rings. The van der Waals surface area contributed by atoms with Crippen LogP contribution in [-0.4, -0.2) is 25.5 Å². The Kier molecular flexibility index (Phi) is 7.48. The van der Waals surface area contributed by atoms with Crippen molar-refractivity contribution in [3.05, 3.63) is 64.7 Å². The molecule has 0 aliphatic carbocycles. The van der Waals surface area contributed by atoms with E-state index in [4.69, 9.17) is 16.3 Å². The summed E-state index contributed by atoms with van der Waals surface area (Å²) in [5, 5.41) is 6.07. The summed E-state index contributed by atoms with van der Waals surface area (Å²) in [6.07, 6.45) is 0.316. The molecule has 0 heterocycles. The summed E-state index contributed by atoms with van der Waals surface area (Å²) in [5.41, 5.74) is 2.00. The van der Waals surface area contributed by atoms with E-state index >= 15 is 0 Å². The van der Waals surface area contributed by atoms with Crippen LogP contribution in [0.5, 0.6) is 5.75 Å². The van der Waals surface area contributed by atoms with Gasteiger partial charge in [-0.25, -0.2) is 0 Å². The number of hydrogen-bond acceptors (Lipinski definition) is 3. The minimum atomic E-state index is -0.231. The van der Waals surface area contributed by atoms with Gasteiger partial charge in [-0.15, -0.1) is 0 Å². The predicted molar refractivity (Wildman–Crippen MR) is 102 cm³/mol. The van der Waals surface area contributed by atoms with Gasteiger partial charge in [0.15, 0.2) is 0 Å². The Bertz CT molecular complexity index is 730. The second-order valence-corrected chi connectivity index (χ2v) is 6.49. The van der Waals surface area contributed by atoms with Crippen LogP contribution in [-0.2, 0) is 16.1 Å². The molecule has 1 atom stereocenters. The second-order valence-electron chi connectivity index (χ2n) is 6.06. The molecule has 0 aliphatic heterocycles. The van der Waals surface area contributed by atoms with Crippen LogP contribution in [0.1, 0.15) is 30.4 Å². The molecule has 6 heteroatoms. The van der Waals surface area contributed by atoms with Crippen molar-refractivity contribution >= 4 is 23.4 Å². The zero-order valence-electron chi connectivity index (χ0n) is 14.9. The van der Waals surface area contributed by atoms with Gasteiger partial charge < -0.3 is 15.4 Å². The third kappa shape index (κ3) is 6.41. The first-order chi connectivity index (χ1) is 12.5. The van der Waals surface area contributed by atoms with Gasteiger partial charge >= 0.3 is 0 Å². The van der Waals surface area contributed by atoms with E-state index in [0.29, 0.717) is 18.0 Å². The molecule has 138 valence electrons. The molecule has 0 bridgehead atoms. The lowest BCUT2D eigenvalue weighted by Crippen LogP contribution is -2.36. The van der Waals surface area contributed by atoms with Crippen LogP contribution in [0.25, 0.3) is 0 Å². The molecule has 0 fully saturated rings. The fraction of sp³-hybridized carbons (Fsp3) is 0.300. The number of carbonyl (C=O) groups excluding carboxylic acids is 2. The van der Waals surface area contributed by atoms with Crippen LogP contribution in [0.4, 0.5) is 0 Å². The predicted octanol–water partition coefficient (Wildman–Crippen LogP) is 3.27. The average molecular weight is 375 g/mol. The van der Waals surface area contributed by atoms with Crippen molar-refractivity contribution in [1.29, 1.82) is 0 Å². The molecule has 0 spiro atoms. The van der Waals surface area contributed by atoms with Crippen molar-refractivity contribution in [2.45, 2.75) is 25.8 Å². The summed E-state index contributed by atoms with van der Waals surface area (Å²) in [7, 11) is 1.61. The fourth-order valence-corrected chi connectivity index (χ4v) is 2.57. The van der Waals surface area contributed by atoms with Crippen LogP contribution in [0, 0.1) is 0 Å². The highest BCUT2D eigenvalue weighted by Gasteiger charge is 2.12. The van der Waals surface area contributed by atoms with Gasteiger partial charge in [-0.1, -0.05) is 42.8 Å². The minimum absolute atomic E-state index is 0.0399. The number of amides is 2. The monoisotopic (exact) mass is 374 g/mol. The summed E-state index contributed by atoms with van der Waals surface area (Å²) in [6.45, 7) is 2.33.